The standard InChI is InChI=1S/C13H18Cl2N2.ClH/c1-9(16)11-4-5-17(8-11)7-10-2-3-12(14)13(15)6-10;/h2-3,6,9,11H,4-5,7-8,16H2,1H3;1H. The van der Waals surface area contributed by atoms with Gasteiger partial charge in [0.05, 0.1) is 10.0 Å². The summed E-state index contributed by atoms with van der Waals surface area (Å²) in [6.07, 6.45) is 1.19. The van der Waals surface area contributed by atoms with Crippen molar-refractivity contribution in [2.24, 2.45) is 11.7 Å². The van der Waals surface area contributed by atoms with Crippen LogP contribution in [0.15, 0.2) is 18.2 Å². The highest BCUT2D eigenvalue weighted by Crippen LogP contribution is 2.25. The van der Waals surface area contributed by atoms with Gasteiger partial charge in [0.2, 0.25) is 0 Å². The van der Waals surface area contributed by atoms with Gasteiger partial charge in [-0.1, -0.05) is 29.3 Å². The Hall–Kier alpha value is 0.01000. The second kappa shape index (κ2) is 6.97. The van der Waals surface area contributed by atoms with Crippen molar-refractivity contribution in [3.05, 3.63) is 33.8 Å². The summed E-state index contributed by atoms with van der Waals surface area (Å²) in [4.78, 5) is 2.42. The SMILES string of the molecule is CC(N)C1CCN(Cc2ccc(Cl)c(Cl)c2)C1.Cl. The largest absolute Gasteiger partial charge is 0.328 e. The Balaban J connectivity index is 0.00000162. The smallest absolute Gasteiger partial charge is 0.0595 e. The van der Waals surface area contributed by atoms with E-state index >= 15 is 0 Å². The van der Waals surface area contributed by atoms with E-state index in [1.165, 1.54) is 12.0 Å². The number of benzene rings is 1. The maximum absolute atomic E-state index is 6.01. The van der Waals surface area contributed by atoms with Crippen molar-refractivity contribution in [2.75, 3.05) is 13.1 Å². The van der Waals surface area contributed by atoms with Gasteiger partial charge >= 0.3 is 0 Å². The van der Waals surface area contributed by atoms with Gasteiger partial charge in [-0.25, -0.2) is 0 Å². The second-order valence-electron chi connectivity index (χ2n) is 4.89. The molecular formula is C13H19Cl3N2. The van der Waals surface area contributed by atoms with E-state index in [-0.39, 0.29) is 18.4 Å². The van der Waals surface area contributed by atoms with Crippen LogP contribution in [0, 0.1) is 5.92 Å². The lowest BCUT2D eigenvalue weighted by molar-refractivity contribution is 0.308. The number of nitrogens with zero attached hydrogens (tertiary/aromatic N) is 1. The number of hydrogen-bond acceptors (Lipinski definition) is 2. The van der Waals surface area contributed by atoms with Crippen LogP contribution in [0.25, 0.3) is 0 Å². The molecule has 5 heteroatoms. The molecule has 2 nitrogen and oxygen atoms in total. The van der Waals surface area contributed by atoms with Crippen LogP contribution in [-0.4, -0.2) is 24.0 Å². The van der Waals surface area contributed by atoms with E-state index in [1.807, 2.05) is 18.2 Å². The molecule has 1 aliphatic heterocycles. The number of likely N-dealkylation sites (tertiary alicyclic amines) is 1. The van der Waals surface area contributed by atoms with Crippen LogP contribution >= 0.6 is 35.6 Å². The van der Waals surface area contributed by atoms with Crippen LogP contribution in [0.2, 0.25) is 10.0 Å². The van der Waals surface area contributed by atoms with Crippen LogP contribution in [-0.2, 0) is 6.54 Å². The van der Waals surface area contributed by atoms with Gasteiger partial charge in [0.1, 0.15) is 0 Å². The molecule has 0 bridgehead atoms. The monoisotopic (exact) mass is 308 g/mol. The van der Waals surface area contributed by atoms with Crippen molar-refractivity contribution in [3.63, 3.8) is 0 Å². The summed E-state index contributed by atoms with van der Waals surface area (Å²) in [6, 6.07) is 6.13. The van der Waals surface area contributed by atoms with E-state index in [1.54, 1.807) is 0 Å². The Morgan fingerprint density at radius 2 is 2.11 bits per heavy atom. The fourth-order valence-electron chi connectivity index (χ4n) is 2.33. The maximum atomic E-state index is 6.01. The molecule has 0 aliphatic carbocycles. The molecule has 2 rings (SSSR count). The molecule has 2 atom stereocenters. The van der Waals surface area contributed by atoms with Gasteiger partial charge in [-0.3, -0.25) is 4.90 Å². The number of nitrogens with two attached hydrogens (primary N) is 1. The first-order valence-electron chi connectivity index (χ1n) is 5.98. The van der Waals surface area contributed by atoms with Gasteiger partial charge < -0.3 is 5.73 Å². The Labute approximate surface area is 125 Å². The van der Waals surface area contributed by atoms with Crippen molar-refractivity contribution >= 4 is 35.6 Å². The Morgan fingerprint density at radius 1 is 1.39 bits per heavy atom. The topological polar surface area (TPSA) is 29.3 Å². The zero-order valence-corrected chi connectivity index (χ0v) is 12.7. The molecule has 1 aromatic rings. The quantitative estimate of drug-likeness (QED) is 0.924. The van der Waals surface area contributed by atoms with Crippen molar-refractivity contribution in [3.8, 4) is 0 Å². The molecule has 18 heavy (non-hydrogen) atoms. The molecule has 0 amide bonds. The molecule has 2 N–H and O–H groups in total. The van der Waals surface area contributed by atoms with Gasteiger partial charge in [0.15, 0.2) is 0 Å². The third-order valence-electron chi connectivity index (χ3n) is 3.44. The summed E-state index contributed by atoms with van der Waals surface area (Å²) < 4.78 is 0. The third kappa shape index (κ3) is 4.01. The molecule has 1 heterocycles. The number of hydrogen-bond donors (Lipinski definition) is 1. The fraction of sp³-hybridized carbons (Fsp3) is 0.538. The highest BCUT2D eigenvalue weighted by atomic mass is 35.5. The van der Waals surface area contributed by atoms with E-state index in [0.29, 0.717) is 16.0 Å². The molecule has 1 saturated heterocycles. The third-order valence-corrected chi connectivity index (χ3v) is 4.18. The molecule has 1 aromatic carbocycles. The van der Waals surface area contributed by atoms with E-state index in [0.717, 1.165) is 19.6 Å². The minimum atomic E-state index is 0. The van der Waals surface area contributed by atoms with Crippen LogP contribution in [0.4, 0.5) is 0 Å². The van der Waals surface area contributed by atoms with Gasteiger partial charge in [-0.2, -0.15) is 0 Å². The summed E-state index contributed by atoms with van der Waals surface area (Å²) in [6.45, 7) is 5.22. The van der Waals surface area contributed by atoms with Crippen LogP contribution < -0.4 is 5.73 Å². The lowest BCUT2D eigenvalue weighted by Gasteiger charge is -2.18. The van der Waals surface area contributed by atoms with Gasteiger partial charge in [0, 0.05) is 19.1 Å². The van der Waals surface area contributed by atoms with Crippen molar-refractivity contribution in [1.29, 1.82) is 0 Å². The number of halogens is 3. The molecule has 0 spiro atoms. The van der Waals surface area contributed by atoms with Crippen molar-refractivity contribution < 1.29 is 0 Å². The van der Waals surface area contributed by atoms with Crippen LogP contribution in [0.5, 0.6) is 0 Å². The first kappa shape index (κ1) is 16.1. The fourth-order valence-corrected chi connectivity index (χ4v) is 2.65. The van der Waals surface area contributed by atoms with Crippen LogP contribution in [0.1, 0.15) is 18.9 Å². The van der Waals surface area contributed by atoms with E-state index in [2.05, 4.69) is 11.8 Å². The zero-order chi connectivity index (χ0) is 12.4. The van der Waals surface area contributed by atoms with Crippen molar-refractivity contribution in [1.82, 2.24) is 4.90 Å². The highest BCUT2D eigenvalue weighted by molar-refractivity contribution is 6.42. The Morgan fingerprint density at radius 3 is 2.67 bits per heavy atom. The average Bonchev–Trinajstić information content (AvgIpc) is 2.72. The Bertz CT molecular complexity index is 396. The Kier molecular flexibility index (Phi) is 6.22. The maximum Gasteiger partial charge on any atom is 0.0595 e. The lowest BCUT2D eigenvalue weighted by Crippen LogP contribution is -2.29. The van der Waals surface area contributed by atoms with E-state index in [4.69, 9.17) is 28.9 Å². The predicted octanol–water partition coefficient (Wildman–Crippen LogP) is 3.58. The van der Waals surface area contributed by atoms with Crippen molar-refractivity contribution in [2.45, 2.75) is 25.9 Å². The summed E-state index contributed by atoms with van der Waals surface area (Å²) in [5.74, 6) is 0.623. The first-order valence-corrected chi connectivity index (χ1v) is 6.73. The number of rotatable bonds is 3. The summed E-state index contributed by atoms with van der Waals surface area (Å²) in [7, 11) is 0. The average molecular weight is 310 g/mol. The van der Waals surface area contributed by atoms with Gasteiger partial charge in [-0.15, -0.1) is 12.4 Å². The molecule has 0 radical (unpaired) electrons. The summed E-state index contributed by atoms with van der Waals surface area (Å²) in [5.41, 5.74) is 7.14. The van der Waals surface area contributed by atoms with Crippen LogP contribution in [0.3, 0.4) is 0 Å². The van der Waals surface area contributed by atoms with E-state index < -0.39 is 0 Å². The minimum Gasteiger partial charge on any atom is -0.328 e. The molecule has 102 valence electrons. The zero-order valence-electron chi connectivity index (χ0n) is 10.4. The highest BCUT2D eigenvalue weighted by Gasteiger charge is 2.24. The predicted molar refractivity (Wildman–Crippen MR) is 80.7 cm³/mol. The lowest BCUT2D eigenvalue weighted by atomic mass is 10.0. The second-order valence-corrected chi connectivity index (χ2v) is 5.71. The first-order chi connectivity index (χ1) is 8.06. The molecule has 2 unspecified atom stereocenters. The van der Waals surface area contributed by atoms with Gasteiger partial charge in [0.25, 0.3) is 0 Å². The molecule has 0 saturated carbocycles. The summed E-state index contributed by atoms with van der Waals surface area (Å²) in [5, 5.41) is 1.25. The molecule has 0 aromatic heterocycles. The van der Waals surface area contributed by atoms with Gasteiger partial charge in [-0.05, 0) is 43.5 Å². The molecule has 1 aliphatic rings. The molecule has 1 fully saturated rings. The van der Waals surface area contributed by atoms with E-state index in [9.17, 15) is 0 Å². The normalized spacial score (nSPS) is 21.7. The minimum absolute atomic E-state index is 0. The summed E-state index contributed by atoms with van der Waals surface area (Å²) >= 11 is 11.9. The molecular weight excluding hydrogens is 291 g/mol.